The topological polar surface area (TPSA) is 55.2 Å². The van der Waals surface area contributed by atoms with Crippen LogP contribution in [0.1, 0.15) is 25.7 Å². The molecule has 1 aliphatic rings. The summed E-state index contributed by atoms with van der Waals surface area (Å²) in [6.45, 7) is 0.303. The van der Waals surface area contributed by atoms with E-state index in [1.54, 1.807) is 6.20 Å². The Kier molecular flexibility index (Phi) is 3.50. The van der Waals surface area contributed by atoms with Gasteiger partial charge in [0.15, 0.2) is 0 Å². The van der Waals surface area contributed by atoms with E-state index in [0.29, 0.717) is 18.4 Å². The Morgan fingerprint density at radius 2 is 2.13 bits per heavy atom. The molecule has 0 radical (unpaired) electrons. The largest absolute Gasteiger partial charge is 0.473 e. The highest BCUT2D eigenvalue weighted by Crippen LogP contribution is 2.26. The van der Waals surface area contributed by atoms with Crippen LogP contribution in [0.3, 0.4) is 0 Å². The van der Waals surface area contributed by atoms with Gasteiger partial charge in [-0.3, -0.25) is 0 Å². The zero-order valence-corrected chi connectivity index (χ0v) is 8.67. The Labute approximate surface area is 89.3 Å². The first-order chi connectivity index (χ1) is 7.38. The molecule has 1 fully saturated rings. The van der Waals surface area contributed by atoms with Crippen LogP contribution in [0.2, 0.25) is 0 Å². The molecule has 0 spiro atoms. The van der Waals surface area contributed by atoms with Crippen LogP contribution in [-0.2, 0) is 0 Å². The van der Waals surface area contributed by atoms with Crippen LogP contribution < -0.4 is 4.74 Å². The van der Waals surface area contributed by atoms with E-state index in [1.165, 1.54) is 0 Å². The second-order valence-corrected chi connectivity index (χ2v) is 4.01. The Bertz CT molecular complexity index is 284. The summed E-state index contributed by atoms with van der Waals surface area (Å²) in [6.07, 6.45) is 5.96. The van der Waals surface area contributed by atoms with Gasteiger partial charge in [0.1, 0.15) is 6.10 Å². The maximum Gasteiger partial charge on any atom is 0.233 e. The molecular weight excluding hydrogens is 192 g/mol. The smallest absolute Gasteiger partial charge is 0.233 e. The Morgan fingerprint density at radius 3 is 2.73 bits per heavy atom. The molecule has 0 atom stereocenters. The molecule has 1 aromatic rings. The van der Waals surface area contributed by atoms with Gasteiger partial charge in [-0.15, -0.1) is 5.10 Å². The highest BCUT2D eigenvalue weighted by molar-refractivity contribution is 5.05. The van der Waals surface area contributed by atoms with Crippen LogP contribution >= 0.6 is 0 Å². The van der Waals surface area contributed by atoms with Gasteiger partial charge >= 0.3 is 0 Å². The van der Waals surface area contributed by atoms with E-state index < -0.39 is 0 Å². The summed E-state index contributed by atoms with van der Waals surface area (Å²) in [4.78, 5) is 0. The standard InChI is InChI=1S/C11H16N2O2/c14-8-9-3-5-10(6-4-9)15-11-2-1-7-12-13-11/h1-2,7,9-10,14H,3-6,8H2. The van der Waals surface area contributed by atoms with E-state index in [1.807, 2.05) is 12.1 Å². The van der Waals surface area contributed by atoms with Crippen molar-refractivity contribution in [1.82, 2.24) is 10.2 Å². The van der Waals surface area contributed by atoms with E-state index >= 15 is 0 Å². The Hall–Kier alpha value is -1.16. The van der Waals surface area contributed by atoms with Gasteiger partial charge in [-0.1, -0.05) is 0 Å². The first kappa shape index (κ1) is 10.4. The van der Waals surface area contributed by atoms with E-state index in [4.69, 9.17) is 9.84 Å². The van der Waals surface area contributed by atoms with Crippen molar-refractivity contribution >= 4 is 0 Å². The van der Waals surface area contributed by atoms with Crippen molar-refractivity contribution in [2.24, 2.45) is 5.92 Å². The van der Waals surface area contributed by atoms with Gasteiger partial charge in [-0.05, 0) is 37.7 Å². The van der Waals surface area contributed by atoms with Crippen molar-refractivity contribution in [2.75, 3.05) is 6.61 Å². The average Bonchev–Trinajstić information content (AvgIpc) is 2.31. The van der Waals surface area contributed by atoms with Gasteiger partial charge < -0.3 is 9.84 Å². The number of hydrogen-bond acceptors (Lipinski definition) is 4. The quantitative estimate of drug-likeness (QED) is 0.816. The van der Waals surface area contributed by atoms with Crippen LogP contribution in [-0.4, -0.2) is 28.0 Å². The van der Waals surface area contributed by atoms with Crippen LogP contribution in [0.25, 0.3) is 0 Å². The third-order valence-electron chi connectivity index (χ3n) is 2.89. The Balaban J connectivity index is 1.82. The summed E-state index contributed by atoms with van der Waals surface area (Å²) < 4.78 is 5.69. The third kappa shape index (κ3) is 2.89. The van der Waals surface area contributed by atoms with E-state index in [9.17, 15) is 0 Å². The normalized spacial score (nSPS) is 26.2. The van der Waals surface area contributed by atoms with Crippen molar-refractivity contribution in [3.8, 4) is 5.88 Å². The molecule has 82 valence electrons. The van der Waals surface area contributed by atoms with Crippen molar-refractivity contribution in [3.05, 3.63) is 18.3 Å². The molecule has 1 heterocycles. The fourth-order valence-corrected chi connectivity index (χ4v) is 1.95. The molecule has 1 saturated carbocycles. The summed E-state index contributed by atoms with van der Waals surface area (Å²) in [5.74, 6) is 1.07. The van der Waals surface area contributed by atoms with Crippen LogP contribution in [0.5, 0.6) is 5.88 Å². The molecule has 1 aromatic heterocycles. The summed E-state index contributed by atoms with van der Waals surface area (Å²) in [7, 11) is 0. The number of nitrogens with zero attached hydrogens (tertiary/aromatic N) is 2. The lowest BCUT2D eigenvalue weighted by molar-refractivity contribution is 0.0997. The summed E-state index contributed by atoms with van der Waals surface area (Å²) >= 11 is 0. The maximum atomic E-state index is 9.00. The number of ether oxygens (including phenoxy) is 1. The minimum absolute atomic E-state index is 0.240. The number of rotatable bonds is 3. The molecule has 0 aliphatic heterocycles. The molecule has 0 unspecified atom stereocenters. The minimum atomic E-state index is 0.240. The third-order valence-corrected chi connectivity index (χ3v) is 2.89. The van der Waals surface area contributed by atoms with Gasteiger partial charge in [0, 0.05) is 18.9 Å². The predicted molar refractivity (Wildman–Crippen MR) is 55.5 cm³/mol. The lowest BCUT2D eigenvalue weighted by Gasteiger charge is -2.27. The van der Waals surface area contributed by atoms with Gasteiger partial charge in [-0.25, -0.2) is 0 Å². The molecule has 0 saturated heterocycles. The van der Waals surface area contributed by atoms with Crippen LogP contribution in [0.4, 0.5) is 0 Å². The summed E-state index contributed by atoms with van der Waals surface area (Å²) in [5.41, 5.74) is 0. The molecule has 0 bridgehead atoms. The summed E-state index contributed by atoms with van der Waals surface area (Å²) in [5, 5.41) is 16.7. The van der Waals surface area contributed by atoms with Crippen molar-refractivity contribution in [3.63, 3.8) is 0 Å². The summed E-state index contributed by atoms with van der Waals surface area (Å²) in [6, 6.07) is 3.65. The maximum absolute atomic E-state index is 9.00. The number of aliphatic hydroxyl groups is 1. The van der Waals surface area contributed by atoms with Crippen LogP contribution in [0, 0.1) is 5.92 Å². The van der Waals surface area contributed by atoms with Gasteiger partial charge in [0.05, 0.1) is 0 Å². The molecular formula is C11H16N2O2. The monoisotopic (exact) mass is 208 g/mol. The fraction of sp³-hybridized carbons (Fsp3) is 0.636. The minimum Gasteiger partial charge on any atom is -0.473 e. The highest BCUT2D eigenvalue weighted by atomic mass is 16.5. The molecule has 1 aliphatic carbocycles. The van der Waals surface area contributed by atoms with Crippen molar-refractivity contribution < 1.29 is 9.84 Å². The van der Waals surface area contributed by atoms with E-state index in [-0.39, 0.29) is 6.10 Å². The second-order valence-electron chi connectivity index (χ2n) is 4.01. The molecule has 0 aromatic carbocycles. The van der Waals surface area contributed by atoms with E-state index in [2.05, 4.69) is 10.2 Å². The first-order valence-corrected chi connectivity index (χ1v) is 5.43. The first-order valence-electron chi connectivity index (χ1n) is 5.43. The molecule has 0 amide bonds. The highest BCUT2D eigenvalue weighted by Gasteiger charge is 2.21. The molecule has 1 N–H and O–H groups in total. The fourth-order valence-electron chi connectivity index (χ4n) is 1.95. The number of hydrogen-bond donors (Lipinski definition) is 1. The molecule has 15 heavy (non-hydrogen) atoms. The predicted octanol–water partition coefficient (Wildman–Crippen LogP) is 1.41. The van der Waals surface area contributed by atoms with E-state index in [0.717, 1.165) is 25.7 Å². The molecule has 4 nitrogen and oxygen atoms in total. The zero-order valence-electron chi connectivity index (χ0n) is 8.67. The number of aromatic nitrogens is 2. The molecule has 4 heteroatoms. The van der Waals surface area contributed by atoms with Gasteiger partial charge in [-0.2, -0.15) is 5.10 Å². The lowest BCUT2D eigenvalue weighted by atomic mass is 9.88. The van der Waals surface area contributed by atoms with Gasteiger partial charge in [0.2, 0.25) is 5.88 Å². The average molecular weight is 208 g/mol. The van der Waals surface area contributed by atoms with Gasteiger partial charge in [0.25, 0.3) is 0 Å². The van der Waals surface area contributed by atoms with Crippen molar-refractivity contribution in [1.29, 1.82) is 0 Å². The zero-order chi connectivity index (χ0) is 10.5. The molecule has 2 rings (SSSR count). The second kappa shape index (κ2) is 5.07. The lowest BCUT2D eigenvalue weighted by Crippen LogP contribution is -2.25. The Morgan fingerprint density at radius 1 is 1.33 bits per heavy atom. The van der Waals surface area contributed by atoms with Crippen molar-refractivity contribution in [2.45, 2.75) is 31.8 Å². The SMILES string of the molecule is OCC1CCC(Oc2cccnn2)CC1. The number of aliphatic hydroxyl groups excluding tert-OH is 1. The van der Waals surface area contributed by atoms with Crippen LogP contribution in [0.15, 0.2) is 18.3 Å².